The summed E-state index contributed by atoms with van der Waals surface area (Å²) in [6.45, 7) is 1.75. The number of aliphatic hydroxyl groups excluding tert-OH is 1. The van der Waals surface area contributed by atoms with E-state index in [4.69, 9.17) is 11.6 Å². The van der Waals surface area contributed by atoms with Crippen LogP contribution in [0.1, 0.15) is 19.8 Å². The number of ether oxygens (including phenoxy) is 1. The molecule has 0 aliphatic carbocycles. The average Bonchev–Trinajstić information content (AvgIpc) is 2.67. The summed E-state index contributed by atoms with van der Waals surface area (Å²) < 4.78 is 56.0. The van der Waals surface area contributed by atoms with E-state index in [0.29, 0.717) is 5.69 Å². The molecule has 1 fully saturated rings. The van der Waals surface area contributed by atoms with Crippen molar-refractivity contribution in [3.8, 4) is 16.9 Å². The fourth-order valence-electron chi connectivity index (χ4n) is 3.59. The Balaban J connectivity index is 1.81. The van der Waals surface area contributed by atoms with Crippen molar-refractivity contribution in [3.05, 3.63) is 47.5 Å². The Hall–Kier alpha value is -2.36. The first-order valence-corrected chi connectivity index (χ1v) is 9.96. The number of amides is 1. The number of carbonyl (C=O) groups excluding carboxylic acids is 1. The molecule has 1 heterocycles. The molecule has 0 radical (unpaired) electrons. The smallest absolute Gasteiger partial charge is 0.405 e. The Morgan fingerprint density at radius 2 is 1.97 bits per heavy atom. The van der Waals surface area contributed by atoms with E-state index >= 15 is 0 Å². The van der Waals surface area contributed by atoms with E-state index in [1.165, 1.54) is 48.2 Å². The van der Waals surface area contributed by atoms with Crippen LogP contribution < -0.4 is 10.1 Å². The fourth-order valence-corrected chi connectivity index (χ4v) is 3.87. The minimum atomic E-state index is -4.86. The van der Waals surface area contributed by atoms with Gasteiger partial charge in [-0.05, 0) is 31.5 Å². The molecule has 2 unspecified atom stereocenters. The summed E-state index contributed by atoms with van der Waals surface area (Å²) in [7, 11) is 0. The zero-order chi connectivity index (χ0) is 22.8. The molecule has 0 bridgehead atoms. The summed E-state index contributed by atoms with van der Waals surface area (Å²) in [5, 5.41) is 12.6. The van der Waals surface area contributed by atoms with Crippen LogP contribution in [-0.2, 0) is 4.79 Å². The molecule has 0 aromatic heterocycles. The highest BCUT2D eigenvalue weighted by Gasteiger charge is 2.36. The molecule has 0 saturated carbocycles. The van der Waals surface area contributed by atoms with Gasteiger partial charge in [0.1, 0.15) is 18.1 Å². The highest BCUT2D eigenvalue weighted by atomic mass is 35.5. The van der Waals surface area contributed by atoms with Gasteiger partial charge in [0.15, 0.2) is 0 Å². The van der Waals surface area contributed by atoms with Crippen LogP contribution in [0.5, 0.6) is 5.75 Å². The molecule has 1 aliphatic heterocycles. The number of aliphatic hydroxyl groups is 1. The molecule has 2 aromatic rings. The highest BCUT2D eigenvalue weighted by molar-refractivity contribution is 6.33. The molecular formula is C21H21ClF4N2O3. The number of alkyl halides is 4. The number of halogens is 5. The highest BCUT2D eigenvalue weighted by Crippen LogP contribution is 2.38. The van der Waals surface area contributed by atoms with Crippen LogP contribution in [0, 0.1) is 0 Å². The number of carbonyl (C=O) groups is 1. The van der Waals surface area contributed by atoms with E-state index in [0.717, 1.165) is 0 Å². The Morgan fingerprint density at radius 3 is 2.61 bits per heavy atom. The summed E-state index contributed by atoms with van der Waals surface area (Å²) >= 11 is 6.28. The Bertz CT molecular complexity index is 939. The second-order valence-electron chi connectivity index (χ2n) is 7.23. The number of hydrogen-bond donors (Lipinski definition) is 2. The van der Waals surface area contributed by atoms with Gasteiger partial charge in [-0.3, -0.25) is 9.69 Å². The molecule has 1 amide bonds. The molecule has 5 nitrogen and oxygen atoms in total. The maximum atomic E-state index is 13.8. The van der Waals surface area contributed by atoms with Crippen molar-refractivity contribution in [2.75, 3.05) is 11.9 Å². The molecule has 168 valence electrons. The Morgan fingerprint density at radius 1 is 1.26 bits per heavy atom. The van der Waals surface area contributed by atoms with Gasteiger partial charge in [0.05, 0.1) is 11.1 Å². The molecule has 10 heteroatoms. The van der Waals surface area contributed by atoms with Crippen LogP contribution in [0.15, 0.2) is 42.5 Å². The second kappa shape index (κ2) is 9.42. The fraction of sp³-hybridized carbons (Fsp3) is 0.381. The van der Waals surface area contributed by atoms with Crippen molar-refractivity contribution in [2.24, 2.45) is 0 Å². The number of anilines is 1. The first kappa shape index (κ1) is 23.3. The van der Waals surface area contributed by atoms with Crippen molar-refractivity contribution >= 4 is 23.2 Å². The van der Waals surface area contributed by atoms with Crippen LogP contribution in [-0.4, -0.2) is 47.3 Å². The van der Waals surface area contributed by atoms with E-state index < -0.39 is 36.5 Å². The molecule has 0 spiro atoms. The lowest BCUT2D eigenvalue weighted by molar-refractivity contribution is -0.274. The number of likely N-dealkylation sites (tertiary alicyclic amines) is 1. The van der Waals surface area contributed by atoms with Gasteiger partial charge in [0, 0.05) is 29.8 Å². The van der Waals surface area contributed by atoms with Gasteiger partial charge in [0.25, 0.3) is 0 Å². The van der Waals surface area contributed by atoms with Crippen molar-refractivity contribution in [3.63, 3.8) is 0 Å². The van der Waals surface area contributed by atoms with Crippen LogP contribution in [0.3, 0.4) is 0 Å². The van der Waals surface area contributed by atoms with E-state index in [2.05, 4.69) is 10.1 Å². The molecule has 2 N–H and O–H groups in total. The maximum Gasteiger partial charge on any atom is 0.573 e. The number of nitrogens with zero attached hydrogens (tertiary/aromatic N) is 1. The molecule has 1 saturated heterocycles. The first-order valence-electron chi connectivity index (χ1n) is 9.58. The van der Waals surface area contributed by atoms with Crippen LogP contribution in [0.2, 0.25) is 5.02 Å². The van der Waals surface area contributed by atoms with Crippen LogP contribution in [0.4, 0.5) is 23.2 Å². The second-order valence-corrected chi connectivity index (χ2v) is 7.64. The van der Waals surface area contributed by atoms with Gasteiger partial charge in [0.2, 0.25) is 5.91 Å². The van der Waals surface area contributed by atoms with Crippen LogP contribution >= 0.6 is 11.6 Å². The Labute approximate surface area is 181 Å². The maximum absolute atomic E-state index is 13.8. The molecule has 2 aromatic carbocycles. The number of benzene rings is 2. The summed E-state index contributed by atoms with van der Waals surface area (Å²) in [6.07, 6.45) is -6.75. The van der Waals surface area contributed by atoms with E-state index in [9.17, 15) is 27.5 Å². The summed E-state index contributed by atoms with van der Waals surface area (Å²) in [5.41, 5.74) is 0.710. The monoisotopic (exact) mass is 460 g/mol. The lowest BCUT2D eigenvalue weighted by Gasteiger charge is -2.37. The molecule has 3 rings (SSSR count). The minimum absolute atomic E-state index is 0.0509. The zero-order valence-electron chi connectivity index (χ0n) is 16.5. The van der Waals surface area contributed by atoms with Crippen LogP contribution in [0.25, 0.3) is 11.1 Å². The van der Waals surface area contributed by atoms with Gasteiger partial charge >= 0.3 is 6.36 Å². The third kappa shape index (κ3) is 5.87. The zero-order valence-corrected chi connectivity index (χ0v) is 17.3. The van der Waals surface area contributed by atoms with Gasteiger partial charge in [-0.15, -0.1) is 13.2 Å². The predicted molar refractivity (Wildman–Crippen MR) is 109 cm³/mol. The summed E-state index contributed by atoms with van der Waals surface area (Å²) in [6, 6.07) is 9.04. The normalized spacial score (nSPS) is 20.9. The standard InChI is InChI=1S/C21H21ClF4N2O3/c1-12(29)28-9-8-13(23)10-18(28)20(30)27-14-6-7-15(17(22)11-14)16-4-2-3-5-19(16)31-21(24,25)26/h2-7,11-13,18,29H,8-10H2,1H3,(H,27,30)/t12?,13?,18-/m1/s1. The van der Waals surface area contributed by atoms with E-state index in [1.54, 1.807) is 6.07 Å². The minimum Gasteiger partial charge on any atom is -0.405 e. The first-order chi connectivity index (χ1) is 14.5. The predicted octanol–water partition coefficient (Wildman–Crippen LogP) is 4.98. The van der Waals surface area contributed by atoms with Crippen molar-refractivity contribution in [1.29, 1.82) is 0 Å². The van der Waals surface area contributed by atoms with Crippen molar-refractivity contribution in [2.45, 2.75) is 44.6 Å². The van der Waals surface area contributed by atoms with E-state index in [1.807, 2.05) is 0 Å². The van der Waals surface area contributed by atoms with E-state index in [-0.39, 0.29) is 35.5 Å². The molecule has 3 atom stereocenters. The largest absolute Gasteiger partial charge is 0.573 e. The third-order valence-corrected chi connectivity index (χ3v) is 5.31. The summed E-state index contributed by atoms with van der Waals surface area (Å²) in [4.78, 5) is 14.2. The number of rotatable bonds is 5. The number of nitrogens with one attached hydrogen (secondary N) is 1. The Kier molecular flexibility index (Phi) is 7.08. The lowest BCUT2D eigenvalue weighted by atomic mass is 9.99. The quantitative estimate of drug-likeness (QED) is 0.617. The summed E-state index contributed by atoms with van der Waals surface area (Å²) in [5.74, 6) is -0.912. The topological polar surface area (TPSA) is 61.8 Å². The molecule has 31 heavy (non-hydrogen) atoms. The SMILES string of the molecule is CC(O)N1CCC(F)C[C@@H]1C(=O)Nc1ccc(-c2ccccc2OC(F)(F)F)c(Cl)c1. The molecule has 1 aliphatic rings. The van der Waals surface area contributed by atoms with Gasteiger partial charge in [-0.2, -0.15) is 0 Å². The lowest BCUT2D eigenvalue weighted by Crippen LogP contribution is -2.53. The molecular weight excluding hydrogens is 440 g/mol. The number of piperidine rings is 1. The average molecular weight is 461 g/mol. The number of para-hydroxylation sites is 1. The van der Waals surface area contributed by atoms with Gasteiger partial charge < -0.3 is 15.2 Å². The third-order valence-electron chi connectivity index (χ3n) is 5.00. The number of hydrogen-bond acceptors (Lipinski definition) is 4. The van der Waals surface area contributed by atoms with Crippen molar-refractivity contribution in [1.82, 2.24) is 4.90 Å². The van der Waals surface area contributed by atoms with Gasteiger partial charge in [-0.1, -0.05) is 35.9 Å². The van der Waals surface area contributed by atoms with Gasteiger partial charge in [-0.25, -0.2) is 4.39 Å². The van der Waals surface area contributed by atoms with Crippen molar-refractivity contribution < 1.29 is 32.2 Å².